The lowest BCUT2D eigenvalue weighted by Gasteiger charge is -2.15. The predicted octanol–water partition coefficient (Wildman–Crippen LogP) is 4.39. The Morgan fingerprint density at radius 2 is 1.83 bits per heavy atom. The SMILES string of the molecule is CC(C)Cn1cc(-c2ccccc2)c2cc(CC#N)ccc2c1=O. The molecule has 3 rings (SSSR count). The second kappa shape index (κ2) is 6.72. The Bertz CT molecular complexity index is 963. The Kier molecular flexibility index (Phi) is 4.48. The van der Waals surface area contributed by atoms with Crippen LogP contribution in [-0.4, -0.2) is 4.57 Å². The van der Waals surface area contributed by atoms with E-state index < -0.39 is 0 Å². The van der Waals surface area contributed by atoms with Crippen LogP contribution in [0.25, 0.3) is 21.9 Å². The molecule has 0 N–H and O–H groups in total. The van der Waals surface area contributed by atoms with Gasteiger partial charge in [-0.25, -0.2) is 0 Å². The van der Waals surface area contributed by atoms with Gasteiger partial charge in [0.2, 0.25) is 0 Å². The largest absolute Gasteiger partial charge is 0.314 e. The zero-order chi connectivity index (χ0) is 17.1. The third-order valence-corrected chi connectivity index (χ3v) is 4.08. The minimum absolute atomic E-state index is 0.0295. The summed E-state index contributed by atoms with van der Waals surface area (Å²) in [5.41, 5.74) is 3.07. The lowest BCUT2D eigenvalue weighted by atomic mass is 9.98. The van der Waals surface area contributed by atoms with E-state index in [-0.39, 0.29) is 5.56 Å². The van der Waals surface area contributed by atoms with Gasteiger partial charge in [0.1, 0.15) is 0 Å². The molecule has 0 aliphatic carbocycles. The van der Waals surface area contributed by atoms with Crippen molar-refractivity contribution in [2.75, 3.05) is 0 Å². The van der Waals surface area contributed by atoms with E-state index in [2.05, 4.69) is 32.0 Å². The fourth-order valence-corrected chi connectivity index (χ4v) is 3.02. The average molecular weight is 316 g/mol. The van der Waals surface area contributed by atoms with Gasteiger partial charge in [0.25, 0.3) is 5.56 Å². The molecule has 24 heavy (non-hydrogen) atoms. The summed E-state index contributed by atoms with van der Waals surface area (Å²) < 4.78 is 1.80. The van der Waals surface area contributed by atoms with Crippen molar-refractivity contribution in [2.24, 2.45) is 5.92 Å². The summed E-state index contributed by atoms with van der Waals surface area (Å²) in [5.74, 6) is 0.390. The van der Waals surface area contributed by atoms with E-state index in [1.54, 1.807) is 4.57 Å². The molecule has 0 saturated carbocycles. The number of pyridine rings is 1. The van der Waals surface area contributed by atoms with E-state index in [0.717, 1.165) is 22.1 Å². The maximum absolute atomic E-state index is 12.8. The summed E-state index contributed by atoms with van der Waals surface area (Å²) >= 11 is 0. The van der Waals surface area contributed by atoms with Crippen molar-refractivity contribution in [1.82, 2.24) is 4.57 Å². The van der Waals surface area contributed by atoms with Crippen molar-refractivity contribution in [3.63, 3.8) is 0 Å². The number of benzene rings is 2. The molecular weight excluding hydrogens is 296 g/mol. The van der Waals surface area contributed by atoms with Crippen LogP contribution in [-0.2, 0) is 13.0 Å². The Hall–Kier alpha value is -2.86. The summed E-state index contributed by atoms with van der Waals surface area (Å²) in [6.45, 7) is 4.90. The van der Waals surface area contributed by atoms with E-state index >= 15 is 0 Å². The predicted molar refractivity (Wildman–Crippen MR) is 97.8 cm³/mol. The van der Waals surface area contributed by atoms with Crippen molar-refractivity contribution >= 4 is 10.8 Å². The van der Waals surface area contributed by atoms with E-state index in [1.165, 1.54) is 0 Å². The molecule has 0 aliphatic heterocycles. The molecule has 1 aromatic heterocycles. The second-order valence-corrected chi connectivity index (χ2v) is 6.47. The van der Waals surface area contributed by atoms with Crippen LogP contribution in [0.1, 0.15) is 19.4 Å². The fourth-order valence-electron chi connectivity index (χ4n) is 3.02. The van der Waals surface area contributed by atoms with Crippen LogP contribution < -0.4 is 5.56 Å². The number of hydrogen-bond donors (Lipinski definition) is 0. The molecule has 0 radical (unpaired) electrons. The van der Waals surface area contributed by atoms with Crippen molar-refractivity contribution in [2.45, 2.75) is 26.8 Å². The van der Waals surface area contributed by atoms with E-state index in [0.29, 0.717) is 24.3 Å². The first-order valence-electron chi connectivity index (χ1n) is 8.18. The highest BCUT2D eigenvalue weighted by Gasteiger charge is 2.12. The molecule has 3 heteroatoms. The van der Waals surface area contributed by atoms with Crippen LogP contribution in [0.3, 0.4) is 0 Å². The molecule has 2 aromatic carbocycles. The first kappa shape index (κ1) is 16.0. The fraction of sp³-hybridized carbons (Fsp3) is 0.238. The molecule has 0 amide bonds. The van der Waals surface area contributed by atoms with Gasteiger partial charge in [-0.3, -0.25) is 4.79 Å². The van der Waals surface area contributed by atoms with Gasteiger partial charge >= 0.3 is 0 Å². The van der Waals surface area contributed by atoms with E-state index in [9.17, 15) is 4.79 Å². The highest BCUT2D eigenvalue weighted by atomic mass is 16.1. The minimum atomic E-state index is 0.0295. The molecule has 0 saturated heterocycles. The third-order valence-electron chi connectivity index (χ3n) is 4.08. The lowest BCUT2D eigenvalue weighted by molar-refractivity contribution is 0.514. The Morgan fingerprint density at radius 3 is 2.50 bits per heavy atom. The molecule has 3 aromatic rings. The second-order valence-electron chi connectivity index (χ2n) is 6.47. The minimum Gasteiger partial charge on any atom is -0.314 e. The Morgan fingerprint density at radius 1 is 1.08 bits per heavy atom. The topological polar surface area (TPSA) is 45.8 Å². The van der Waals surface area contributed by atoms with Crippen molar-refractivity contribution in [3.8, 4) is 17.2 Å². The van der Waals surface area contributed by atoms with Crippen LogP contribution in [0.2, 0.25) is 0 Å². The van der Waals surface area contributed by atoms with Gasteiger partial charge in [0, 0.05) is 23.7 Å². The third kappa shape index (κ3) is 3.09. The van der Waals surface area contributed by atoms with Crippen LogP contribution in [0.5, 0.6) is 0 Å². The molecule has 0 unspecified atom stereocenters. The van der Waals surface area contributed by atoms with Gasteiger partial charge in [-0.1, -0.05) is 50.2 Å². The van der Waals surface area contributed by atoms with E-state index in [4.69, 9.17) is 5.26 Å². The Balaban J connectivity index is 2.33. The monoisotopic (exact) mass is 316 g/mol. The molecule has 120 valence electrons. The highest BCUT2D eigenvalue weighted by molar-refractivity contribution is 5.96. The standard InChI is InChI=1S/C21H20N2O/c1-15(2)13-23-14-20(17-6-4-3-5-7-17)19-12-16(10-11-22)8-9-18(19)21(23)24/h3-9,12,14-15H,10,13H2,1-2H3. The summed E-state index contributed by atoms with van der Waals surface area (Å²) in [6, 6.07) is 18.0. The van der Waals surface area contributed by atoms with Crippen LogP contribution >= 0.6 is 0 Å². The van der Waals surface area contributed by atoms with Gasteiger partial charge < -0.3 is 4.57 Å². The number of nitriles is 1. The molecule has 0 aliphatic rings. The Labute approximate surface area is 141 Å². The van der Waals surface area contributed by atoms with Crippen molar-refractivity contribution < 1.29 is 0 Å². The van der Waals surface area contributed by atoms with Crippen LogP contribution in [0, 0.1) is 17.2 Å². The first-order chi connectivity index (χ1) is 11.6. The normalized spacial score (nSPS) is 10.9. The van der Waals surface area contributed by atoms with Gasteiger partial charge in [-0.15, -0.1) is 0 Å². The van der Waals surface area contributed by atoms with E-state index in [1.807, 2.05) is 42.6 Å². The van der Waals surface area contributed by atoms with Crippen LogP contribution in [0.15, 0.2) is 59.5 Å². The number of aromatic nitrogens is 1. The first-order valence-corrected chi connectivity index (χ1v) is 8.18. The summed E-state index contributed by atoms with van der Waals surface area (Å²) in [6.07, 6.45) is 2.30. The summed E-state index contributed by atoms with van der Waals surface area (Å²) in [7, 11) is 0. The number of nitrogens with zero attached hydrogens (tertiary/aromatic N) is 2. The van der Waals surface area contributed by atoms with Gasteiger partial charge in [-0.2, -0.15) is 5.26 Å². The van der Waals surface area contributed by atoms with Crippen molar-refractivity contribution in [3.05, 3.63) is 70.6 Å². The van der Waals surface area contributed by atoms with Gasteiger partial charge in [0.15, 0.2) is 0 Å². The number of rotatable bonds is 4. The molecule has 0 fully saturated rings. The summed E-state index contributed by atoms with van der Waals surface area (Å²) in [5, 5.41) is 10.6. The smallest absolute Gasteiger partial charge is 0.258 e. The van der Waals surface area contributed by atoms with Gasteiger partial charge in [-0.05, 0) is 34.6 Å². The quantitative estimate of drug-likeness (QED) is 0.716. The van der Waals surface area contributed by atoms with Gasteiger partial charge in [0.05, 0.1) is 12.5 Å². The lowest BCUT2D eigenvalue weighted by Crippen LogP contribution is -2.22. The molecule has 0 spiro atoms. The zero-order valence-corrected chi connectivity index (χ0v) is 14.0. The maximum atomic E-state index is 12.8. The number of hydrogen-bond acceptors (Lipinski definition) is 2. The maximum Gasteiger partial charge on any atom is 0.258 e. The summed E-state index contributed by atoms with van der Waals surface area (Å²) in [4.78, 5) is 12.8. The molecule has 3 nitrogen and oxygen atoms in total. The molecule has 1 heterocycles. The molecular formula is C21H20N2O. The van der Waals surface area contributed by atoms with Crippen molar-refractivity contribution in [1.29, 1.82) is 5.26 Å². The molecule has 0 atom stereocenters. The molecule has 0 bridgehead atoms. The van der Waals surface area contributed by atoms with Crippen LogP contribution in [0.4, 0.5) is 0 Å². The highest BCUT2D eigenvalue weighted by Crippen LogP contribution is 2.28. The zero-order valence-electron chi connectivity index (χ0n) is 14.0. The average Bonchev–Trinajstić information content (AvgIpc) is 2.58. The number of fused-ring (bicyclic) bond motifs is 1.